The Morgan fingerprint density at radius 1 is 0.955 bits per heavy atom. The van der Waals surface area contributed by atoms with E-state index in [2.05, 4.69) is 57.4 Å². The maximum atomic E-state index is 13.4. The highest BCUT2D eigenvalue weighted by atomic mass is 35.5. The first-order chi connectivity index (χ1) is 21.4. The summed E-state index contributed by atoms with van der Waals surface area (Å²) in [6.07, 6.45) is 1.61. The van der Waals surface area contributed by atoms with Crippen LogP contribution in [0.4, 0.5) is 5.69 Å². The fourth-order valence-electron chi connectivity index (χ4n) is 6.01. The molecule has 0 atom stereocenters. The van der Waals surface area contributed by atoms with E-state index in [0.717, 1.165) is 50.2 Å². The highest BCUT2D eigenvalue weighted by Gasteiger charge is 2.19. The Morgan fingerprint density at radius 3 is 2.52 bits per heavy atom. The second-order valence-electron chi connectivity index (χ2n) is 11.6. The third-order valence-corrected chi connectivity index (χ3v) is 8.71. The van der Waals surface area contributed by atoms with E-state index in [1.807, 2.05) is 52.9 Å². The lowest BCUT2D eigenvalue weighted by atomic mass is 10.1. The Bertz CT molecular complexity index is 1840. The fraction of sp³-hybridized carbons (Fsp3) is 0.353. The average molecular weight is 612 g/mol. The van der Waals surface area contributed by atoms with Crippen LogP contribution in [0, 0.1) is 13.8 Å². The number of nitrogens with one attached hydrogen (secondary N) is 1. The molecule has 1 aliphatic rings. The molecule has 1 N–H and O–H groups in total. The first-order valence-electron chi connectivity index (χ1n) is 15.3. The molecule has 3 aromatic carbocycles. The van der Waals surface area contributed by atoms with Gasteiger partial charge in [0.25, 0.3) is 5.56 Å². The van der Waals surface area contributed by atoms with Gasteiger partial charge in [0.1, 0.15) is 5.82 Å². The SMILES string of the molecule is Cc1ccc(C)c(N2CCN(CCCNC(=O)CCc3nnc4n(Cc5ccc(Cl)cc5)c(=O)c5ccccc5n34)CC2)c1. The van der Waals surface area contributed by atoms with Gasteiger partial charge in [-0.25, -0.2) is 0 Å². The lowest BCUT2D eigenvalue weighted by molar-refractivity contribution is -0.121. The molecule has 6 rings (SSSR count). The monoisotopic (exact) mass is 611 g/mol. The van der Waals surface area contributed by atoms with Gasteiger partial charge in [-0.05, 0) is 73.8 Å². The van der Waals surface area contributed by atoms with Crippen LogP contribution in [-0.2, 0) is 17.8 Å². The minimum atomic E-state index is -0.133. The zero-order chi connectivity index (χ0) is 30.6. The molecular weight excluding hydrogens is 574 g/mol. The van der Waals surface area contributed by atoms with E-state index in [1.54, 1.807) is 4.57 Å². The predicted octanol–water partition coefficient (Wildman–Crippen LogP) is 4.62. The number of nitrogens with zero attached hydrogens (tertiary/aromatic N) is 6. The fourth-order valence-corrected chi connectivity index (χ4v) is 6.13. The van der Waals surface area contributed by atoms with E-state index in [1.165, 1.54) is 16.8 Å². The second kappa shape index (κ2) is 13.2. The summed E-state index contributed by atoms with van der Waals surface area (Å²) in [5, 5.41) is 13.1. The molecule has 0 bridgehead atoms. The number of para-hydroxylation sites is 1. The molecule has 2 aromatic heterocycles. The second-order valence-corrected chi connectivity index (χ2v) is 12.0. The number of anilines is 1. The average Bonchev–Trinajstić information content (AvgIpc) is 3.47. The molecule has 0 aliphatic carbocycles. The highest BCUT2D eigenvalue weighted by Crippen LogP contribution is 2.23. The van der Waals surface area contributed by atoms with Crippen molar-refractivity contribution >= 4 is 39.9 Å². The zero-order valence-corrected chi connectivity index (χ0v) is 26.1. The number of halogens is 1. The first kappa shape index (κ1) is 29.8. The van der Waals surface area contributed by atoms with Gasteiger partial charge in [0.05, 0.1) is 17.4 Å². The Morgan fingerprint density at radius 2 is 1.73 bits per heavy atom. The maximum Gasteiger partial charge on any atom is 0.263 e. The molecule has 44 heavy (non-hydrogen) atoms. The highest BCUT2D eigenvalue weighted by molar-refractivity contribution is 6.30. The van der Waals surface area contributed by atoms with Crippen molar-refractivity contribution in [2.75, 3.05) is 44.2 Å². The van der Waals surface area contributed by atoms with Crippen molar-refractivity contribution in [3.63, 3.8) is 0 Å². The van der Waals surface area contributed by atoms with Crippen LogP contribution >= 0.6 is 11.6 Å². The summed E-state index contributed by atoms with van der Waals surface area (Å²) < 4.78 is 3.53. The summed E-state index contributed by atoms with van der Waals surface area (Å²) in [5.41, 5.74) is 5.50. The van der Waals surface area contributed by atoms with Gasteiger partial charge in [0.15, 0.2) is 0 Å². The quantitative estimate of drug-likeness (QED) is 0.232. The van der Waals surface area contributed by atoms with E-state index in [9.17, 15) is 9.59 Å². The van der Waals surface area contributed by atoms with Gasteiger partial charge in [0, 0.05) is 56.3 Å². The number of piperazine rings is 1. The van der Waals surface area contributed by atoms with Gasteiger partial charge in [-0.2, -0.15) is 0 Å². The van der Waals surface area contributed by atoms with E-state index < -0.39 is 0 Å². The summed E-state index contributed by atoms with van der Waals surface area (Å²) in [6.45, 7) is 10.4. The van der Waals surface area contributed by atoms with Gasteiger partial charge in [0.2, 0.25) is 11.7 Å². The summed E-state index contributed by atoms with van der Waals surface area (Å²) in [7, 11) is 0. The molecule has 0 saturated carbocycles. The van der Waals surface area contributed by atoms with Crippen LogP contribution in [0.25, 0.3) is 16.7 Å². The van der Waals surface area contributed by atoms with Crippen LogP contribution in [0.1, 0.15) is 35.4 Å². The van der Waals surface area contributed by atoms with Gasteiger partial charge in [-0.1, -0.05) is 48.0 Å². The normalized spacial score (nSPS) is 14.0. The number of fused-ring (bicyclic) bond motifs is 3. The summed E-state index contributed by atoms with van der Waals surface area (Å²) in [4.78, 5) is 31.2. The molecule has 0 unspecified atom stereocenters. The minimum absolute atomic E-state index is 0.0136. The maximum absolute atomic E-state index is 13.4. The summed E-state index contributed by atoms with van der Waals surface area (Å²) in [6, 6.07) is 21.5. The van der Waals surface area contributed by atoms with Gasteiger partial charge in [-0.3, -0.25) is 23.5 Å². The minimum Gasteiger partial charge on any atom is -0.369 e. The van der Waals surface area contributed by atoms with Crippen LogP contribution in [0.2, 0.25) is 5.02 Å². The van der Waals surface area contributed by atoms with Crippen LogP contribution in [0.5, 0.6) is 0 Å². The number of hydrogen-bond donors (Lipinski definition) is 1. The summed E-state index contributed by atoms with van der Waals surface area (Å²) in [5.74, 6) is 1.09. The van der Waals surface area contributed by atoms with Crippen LogP contribution in [-0.4, -0.2) is 69.2 Å². The molecule has 1 amide bonds. The third kappa shape index (κ3) is 6.49. The molecule has 228 valence electrons. The molecule has 1 aliphatic heterocycles. The smallest absolute Gasteiger partial charge is 0.263 e. The molecular formula is C34H38ClN7O2. The first-order valence-corrected chi connectivity index (χ1v) is 15.7. The van der Waals surface area contributed by atoms with Crippen molar-refractivity contribution in [1.82, 2.24) is 29.4 Å². The van der Waals surface area contributed by atoms with Crippen LogP contribution in [0.15, 0.2) is 71.5 Å². The van der Waals surface area contributed by atoms with Crippen molar-refractivity contribution in [3.8, 4) is 0 Å². The standard InChI is InChI=1S/C34H38ClN7O2/c1-24-8-9-25(2)30(22-24)40-20-18-39(19-21-40)17-5-16-36-32(43)15-14-31-37-38-34-41(23-26-10-12-27(35)13-11-26)33(44)28-6-3-4-7-29(28)42(31)34/h3-4,6-13,22H,5,14-21,23H2,1-2H3,(H,36,43). The molecule has 0 radical (unpaired) electrons. The van der Waals surface area contributed by atoms with Gasteiger partial charge in [-0.15, -0.1) is 10.2 Å². The van der Waals surface area contributed by atoms with E-state index in [4.69, 9.17) is 11.6 Å². The number of carbonyl (C=O) groups is 1. The largest absolute Gasteiger partial charge is 0.369 e. The number of carbonyl (C=O) groups excluding carboxylic acids is 1. The van der Waals surface area contributed by atoms with Crippen LogP contribution < -0.4 is 15.8 Å². The predicted molar refractivity (Wildman–Crippen MR) is 176 cm³/mol. The van der Waals surface area contributed by atoms with Crippen LogP contribution in [0.3, 0.4) is 0 Å². The zero-order valence-electron chi connectivity index (χ0n) is 25.3. The molecule has 3 heterocycles. The van der Waals surface area contributed by atoms with E-state index >= 15 is 0 Å². The Balaban J connectivity index is 1.04. The van der Waals surface area contributed by atoms with Crippen molar-refractivity contribution in [2.24, 2.45) is 0 Å². The van der Waals surface area contributed by atoms with E-state index in [0.29, 0.717) is 47.9 Å². The van der Waals surface area contributed by atoms with Gasteiger partial charge < -0.3 is 10.2 Å². The van der Waals surface area contributed by atoms with Crippen molar-refractivity contribution in [2.45, 2.75) is 39.7 Å². The molecule has 1 saturated heterocycles. The third-order valence-electron chi connectivity index (χ3n) is 8.46. The number of aryl methyl sites for hydroxylation is 3. The Hall–Kier alpha value is -4.21. The number of hydrogen-bond acceptors (Lipinski definition) is 6. The number of benzene rings is 3. The number of amides is 1. The number of rotatable bonds is 10. The Labute approximate surface area is 262 Å². The van der Waals surface area contributed by atoms with Crippen molar-refractivity contribution < 1.29 is 4.79 Å². The summed E-state index contributed by atoms with van der Waals surface area (Å²) >= 11 is 6.06. The van der Waals surface area contributed by atoms with E-state index in [-0.39, 0.29) is 11.5 Å². The van der Waals surface area contributed by atoms with Gasteiger partial charge >= 0.3 is 0 Å². The molecule has 9 nitrogen and oxygen atoms in total. The lowest BCUT2D eigenvalue weighted by Gasteiger charge is -2.37. The molecule has 5 aromatic rings. The molecule has 0 spiro atoms. The van der Waals surface area contributed by atoms with Crippen molar-refractivity contribution in [3.05, 3.63) is 105 Å². The topological polar surface area (TPSA) is 87.8 Å². The molecule has 1 fully saturated rings. The lowest BCUT2D eigenvalue weighted by Crippen LogP contribution is -2.47. The van der Waals surface area contributed by atoms with Crippen molar-refractivity contribution in [1.29, 1.82) is 0 Å². The number of aromatic nitrogens is 4. The molecule has 10 heteroatoms. The Kier molecular flexibility index (Phi) is 8.95.